The molecule has 0 radical (unpaired) electrons. The van der Waals surface area contributed by atoms with Crippen LogP contribution in [0.5, 0.6) is 0 Å². The fraction of sp³-hybridized carbons (Fsp3) is 0.0455. The Morgan fingerprint density at radius 1 is 0.889 bits per heavy atom. The lowest BCUT2D eigenvalue weighted by atomic mass is 9.96. The number of para-hydroxylation sites is 1. The van der Waals surface area contributed by atoms with Crippen molar-refractivity contribution in [3.05, 3.63) is 102 Å². The van der Waals surface area contributed by atoms with Gasteiger partial charge >= 0.3 is 0 Å². The molecule has 0 bridgehead atoms. The highest BCUT2D eigenvalue weighted by molar-refractivity contribution is 6.11. The third-order valence-electron chi connectivity index (χ3n) is 4.48. The molecule has 1 heterocycles. The lowest BCUT2D eigenvalue weighted by molar-refractivity contribution is 0.0971. The topological polar surface area (TPSA) is 44.9 Å². The van der Waals surface area contributed by atoms with Gasteiger partial charge in [-0.25, -0.2) is 8.78 Å². The number of nitrogens with one attached hydrogen (secondary N) is 2. The van der Waals surface area contributed by atoms with Gasteiger partial charge in [0.25, 0.3) is 0 Å². The molecule has 0 fully saturated rings. The third-order valence-corrected chi connectivity index (χ3v) is 4.48. The number of hydrogen-bond acceptors (Lipinski definition) is 2. The van der Waals surface area contributed by atoms with Crippen molar-refractivity contribution in [2.75, 3.05) is 5.32 Å². The first kappa shape index (κ1) is 17.0. The van der Waals surface area contributed by atoms with Crippen molar-refractivity contribution in [3.8, 4) is 0 Å². The van der Waals surface area contributed by atoms with Crippen LogP contribution in [0.25, 0.3) is 10.9 Å². The van der Waals surface area contributed by atoms with E-state index in [2.05, 4.69) is 10.3 Å². The molecule has 1 aromatic heterocycles. The Labute approximate surface area is 154 Å². The number of rotatable bonds is 5. The van der Waals surface area contributed by atoms with Crippen molar-refractivity contribution in [2.24, 2.45) is 0 Å². The Bertz CT molecular complexity index is 1110. The van der Waals surface area contributed by atoms with Gasteiger partial charge in [-0.2, -0.15) is 0 Å². The highest BCUT2D eigenvalue weighted by Crippen LogP contribution is 2.28. The van der Waals surface area contributed by atoms with E-state index in [-0.39, 0.29) is 5.78 Å². The summed E-state index contributed by atoms with van der Waals surface area (Å²) in [6.45, 7) is 0. The van der Waals surface area contributed by atoms with Gasteiger partial charge in [0, 0.05) is 34.4 Å². The molecule has 4 rings (SSSR count). The lowest BCUT2D eigenvalue weighted by Crippen LogP contribution is -2.21. The minimum Gasteiger partial charge on any atom is -0.371 e. The third kappa shape index (κ3) is 3.31. The Kier molecular flexibility index (Phi) is 4.42. The van der Waals surface area contributed by atoms with E-state index in [1.165, 1.54) is 6.07 Å². The average molecular weight is 362 g/mol. The number of halogens is 2. The predicted molar refractivity (Wildman–Crippen MR) is 102 cm³/mol. The monoisotopic (exact) mass is 362 g/mol. The van der Waals surface area contributed by atoms with E-state index >= 15 is 0 Å². The van der Waals surface area contributed by atoms with E-state index in [0.29, 0.717) is 11.3 Å². The number of carbonyl (C=O) groups is 1. The molecule has 0 aliphatic carbocycles. The fourth-order valence-corrected chi connectivity index (χ4v) is 3.13. The summed E-state index contributed by atoms with van der Waals surface area (Å²) in [6, 6.07) is 19.5. The van der Waals surface area contributed by atoms with E-state index in [9.17, 15) is 13.6 Å². The molecule has 27 heavy (non-hydrogen) atoms. The first-order chi connectivity index (χ1) is 13.1. The van der Waals surface area contributed by atoms with E-state index in [1.54, 1.807) is 6.20 Å². The number of anilines is 1. The maximum absolute atomic E-state index is 13.6. The molecule has 5 heteroatoms. The minimum atomic E-state index is -0.966. The van der Waals surface area contributed by atoms with Crippen LogP contribution in [-0.4, -0.2) is 10.8 Å². The van der Waals surface area contributed by atoms with E-state index in [1.807, 2.05) is 54.6 Å². The molecule has 3 nitrogen and oxygen atoms in total. The first-order valence-corrected chi connectivity index (χ1v) is 8.50. The quantitative estimate of drug-likeness (QED) is 0.462. The Morgan fingerprint density at radius 2 is 1.63 bits per heavy atom. The highest BCUT2D eigenvalue weighted by atomic mass is 19.2. The van der Waals surface area contributed by atoms with Gasteiger partial charge < -0.3 is 10.3 Å². The molecule has 0 spiro atoms. The Hall–Kier alpha value is -3.47. The molecular formula is C22H16F2N2O. The van der Waals surface area contributed by atoms with Crippen LogP contribution in [-0.2, 0) is 0 Å². The van der Waals surface area contributed by atoms with Crippen molar-refractivity contribution in [1.82, 2.24) is 4.98 Å². The van der Waals surface area contributed by atoms with Crippen LogP contribution in [0, 0.1) is 11.6 Å². The normalized spacial score (nSPS) is 12.1. The largest absolute Gasteiger partial charge is 0.371 e. The zero-order valence-electron chi connectivity index (χ0n) is 14.2. The molecule has 3 aromatic carbocycles. The maximum atomic E-state index is 13.6. The summed E-state index contributed by atoms with van der Waals surface area (Å²) in [6.07, 6.45) is 1.68. The maximum Gasteiger partial charge on any atom is 0.191 e. The first-order valence-electron chi connectivity index (χ1n) is 8.50. The summed E-state index contributed by atoms with van der Waals surface area (Å²) < 4.78 is 26.9. The standard InChI is InChI=1S/C22H16F2N2O/c23-18-11-10-15(12-19(18)24)26-21(14-6-2-1-3-7-14)22(27)17-13-25-20-9-5-4-8-16(17)20/h1-13,21,25-26H. The lowest BCUT2D eigenvalue weighted by Gasteiger charge is -2.19. The molecule has 1 atom stereocenters. The Balaban J connectivity index is 1.75. The minimum absolute atomic E-state index is 0.164. The zero-order valence-corrected chi connectivity index (χ0v) is 14.2. The van der Waals surface area contributed by atoms with Crippen LogP contribution < -0.4 is 5.32 Å². The van der Waals surface area contributed by atoms with Gasteiger partial charge in [0.05, 0.1) is 0 Å². The van der Waals surface area contributed by atoms with Crippen LogP contribution in [0.3, 0.4) is 0 Å². The van der Waals surface area contributed by atoms with E-state index in [4.69, 9.17) is 0 Å². The van der Waals surface area contributed by atoms with E-state index < -0.39 is 17.7 Å². The summed E-state index contributed by atoms with van der Waals surface area (Å²) in [5, 5.41) is 3.86. The summed E-state index contributed by atoms with van der Waals surface area (Å²) in [7, 11) is 0. The molecule has 0 saturated carbocycles. The van der Waals surface area contributed by atoms with Crippen molar-refractivity contribution >= 4 is 22.4 Å². The van der Waals surface area contributed by atoms with Gasteiger partial charge in [-0.3, -0.25) is 4.79 Å². The molecule has 0 aliphatic rings. The number of hydrogen-bond donors (Lipinski definition) is 2. The molecular weight excluding hydrogens is 346 g/mol. The van der Waals surface area contributed by atoms with Crippen molar-refractivity contribution in [1.29, 1.82) is 0 Å². The SMILES string of the molecule is O=C(c1c[nH]c2ccccc12)C(Nc1ccc(F)c(F)c1)c1ccccc1. The molecule has 1 unspecified atom stereocenters. The number of fused-ring (bicyclic) bond motifs is 1. The molecule has 2 N–H and O–H groups in total. The van der Waals surface area contributed by atoms with Gasteiger partial charge in [-0.15, -0.1) is 0 Å². The number of Topliss-reactive ketones (excluding diaryl/α,β-unsaturated/α-hetero) is 1. The van der Waals surface area contributed by atoms with Crippen LogP contribution in [0.1, 0.15) is 22.0 Å². The fourth-order valence-electron chi connectivity index (χ4n) is 3.13. The smallest absolute Gasteiger partial charge is 0.191 e. The summed E-state index contributed by atoms with van der Waals surface area (Å²) >= 11 is 0. The van der Waals surface area contributed by atoms with Crippen molar-refractivity contribution in [3.63, 3.8) is 0 Å². The summed E-state index contributed by atoms with van der Waals surface area (Å²) in [4.78, 5) is 16.4. The van der Waals surface area contributed by atoms with Gasteiger partial charge in [0.15, 0.2) is 17.4 Å². The number of aromatic nitrogens is 1. The Morgan fingerprint density at radius 3 is 2.41 bits per heavy atom. The van der Waals surface area contributed by atoms with Crippen molar-refractivity contribution < 1.29 is 13.6 Å². The number of carbonyl (C=O) groups excluding carboxylic acids is 1. The second-order valence-electron chi connectivity index (χ2n) is 6.23. The van der Waals surface area contributed by atoms with Crippen LogP contribution >= 0.6 is 0 Å². The van der Waals surface area contributed by atoms with Gasteiger partial charge in [-0.05, 0) is 23.8 Å². The number of ketones is 1. The number of benzene rings is 3. The molecule has 134 valence electrons. The molecule has 4 aromatic rings. The van der Waals surface area contributed by atoms with Gasteiger partial charge in [0.2, 0.25) is 0 Å². The van der Waals surface area contributed by atoms with Gasteiger partial charge in [0.1, 0.15) is 6.04 Å². The number of aromatic amines is 1. The average Bonchev–Trinajstić information content (AvgIpc) is 3.13. The summed E-state index contributed by atoms with van der Waals surface area (Å²) in [5.41, 5.74) is 2.46. The van der Waals surface area contributed by atoms with Crippen LogP contribution in [0.2, 0.25) is 0 Å². The molecule has 0 aliphatic heterocycles. The van der Waals surface area contributed by atoms with Gasteiger partial charge in [-0.1, -0.05) is 48.5 Å². The van der Waals surface area contributed by atoms with Crippen LogP contribution in [0.15, 0.2) is 79.0 Å². The molecule has 0 amide bonds. The van der Waals surface area contributed by atoms with Crippen LogP contribution in [0.4, 0.5) is 14.5 Å². The van der Waals surface area contributed by atoms with E-state index in [0.717, 1.165) is 28.6 Å². The second-order valence-corrected chi connectivity index (χ2v) is 6.23. The highest BCUT2D eigenvalue weighted by Gasteiger charge is 2.24. The predicted octanol–water partition coefficient (Wildman–Crippen LogP) is 5.48. The zero-order chi connectivity index (χ0) is 18.8. The summed E-state index contributed by atoms with van der Waals surface area (Å²) in [5.74, 6) is -2.06. The molecule has 0 saturated heterocycles. The second kappa shape index (κ2) is 7.03. The van der Waals surface area contributed by atoms with Crippen molar-refractivity contribution in [2.45, 2.75) is 6.04 Å². The number of H-pyrrole nitrogens is 1.